The third-order valence-corrected chi connectivity index (χ3v) is 2.22. The zero-order chi connectivity index (χ0) is 8.55. The first-order chi connectivity index (χ1) is 5.75. The first kappa shape index (κ1) is 7.53. The second-order valence-electron chi connectivity index (χ2n) is 3.45. The van der Waals surface area contributed by atoms with Gasteiger partial charge in [0.05, 0.1) is 0 Å². The monoisotopic (exact) mass is 163 g/mol. The van der Waals surface area contributed by atoms with Crippen molar-refractivity contribution in [1.82, 2.24) is 9.97 Å². The molecule has 2 atom stereocenters. The highest BCUT2D eigenvalue weighted by molar-refractivity contribution is 5.36. The predicted molar refractivity (Wildman–Crippen MR) is 48.0 cm³/mol. The van der Waals surface area contributed by atoms with Gasteiger partial charge < -0.3 is 5.32 Å². The van der Waals surface area contributed by atoms with Crippen LogP contribution in [0.1, 0.15) is 19.2 Å². The molecule has 0 saturated heterocycles. The van der Waals surface area contributed by atoms with Gasteiger partial charge in [0.2, 0.25) is 0 Å². The lowest BCUT2D eigenvalue weighted by molar-refractivity contribution is 0.917. The summed E-state index contributed by atoms with van der Waals surface area (Å²) in [4.78, 5) is 8.30. The van der Waals surface area contributed by atoms with Crippen molar-refractivity contribution in [3.8, 4) is 0 Å². The molecule has 0 aromatic carbocycles. The number of aryl methyl sites for hydroxylation is 1. The van der Waals surface area contributed by atoms with E-state index in [1.165, 1.54) is 6.42 Å². The number of nitrogens with zero attached hydrogens (tertiary/aromatic N) is 2. The average molecular weight is 163 g/mol. The van der Waals surface area contributed by atoms with Crippen LogP contribution in [0, 0.1) is 12.8 Å². The van der Waals surface area contributed by atoms with E-state index in [0.717, 1.165) is 17.6 Å². The van der Waals surface area contributed by atoms with Gasteiger partial charge in [0.15, 0.2) is 0 Å². The van der Waals surface area contributed by atoms with E-state index in [-0.39, 0.29) is 0 Å². The van der Waals surface area contributed by atoms with Gasteiger partial charge in [-0.3, -0.25) is 0 Å². The highest BCUT2D eigenvalue weighted by Gasteiger charge is 2.32. The lowest BCUT2D eigenvalue weighted by Gasteiger charge is -2.03. The van der Waals surface area contributed by atoms with Crippen molar-refractivity contribution in [2.24, 2.45) is 5.92 Å². The van der Waals surface area contributed by atoms with Crippen molar-refractivity contribution >= 4 is 5.82 Å². The maximum absolute atomic E-state index is 4.27. The van der Waals surface area contributed by atoms with Crippen LogP contribution >= 0.6 is 0 Å². The molecule has 0 amide bonds. The largest absolute Gasteiger partial charge is 0.367 e. The van der Waals surface area contributed by atoms with E-state index < -0.39 is 0 Å². The van der Waals surface area contributed by atoms with E-state index in [4.69, 9.17) is 0 Å². The molecule has 1 heterocycles. The minimum atomic E-state index is 0.638. The van der Waals surface area contributed by atoms with E-state index in [1.54, 1.807) is 6.20 Å². The summed E-state index contributed by atoms with van der Waals surface area (Å²) in [6.07, 6.45) is 3.06. The van der Waals surface area contributed by atoms with E-state index >= 15 is 0 Å². The molecule has 1 N–H and O–H groups in total. The Morgan fingerprint density at radius 3 is 2.92 bits per heavy atom. The summed E-state index contributed by atoms with van der Waals surface area (Å²) >= 11 is 0. The van der Waals surface area contributed by atoms with Crippen molar-refractivity contribution in [3.05, 3.63) is 18.1 Å². The highest BCUT2D eigenvalue weighted by Crippen LogP contribution is 2.31. The van der Waals surface area contributed by atoms with Crippen molar-refractivity contribution in [2.75, 3.05) is 5.32 Å². The van der Waals surface area contributed by atoms with Gasteiger partial charge in [0.1, 0.15) is 11.6 Å². The molecule has 1 fully saturated rings. The second kappa shape index (κ2) is 2.73. The number of hydrogen-bond donors (Lipinski definition) is 1. The molecule has 0 radical (unpaired) electrons. The minimum absolute atomic E-state index is 0.638. The molecule has 0 spiro atoms. The van der Waals surface area contributed by atoms with E-state index in [2.05, 4.69) is 22.2 Å². The molecule has 1 aliphatic carbocycles. The summed E-state index contributed by atoms with van der Waals surface area (Å²) in [6.45, 7) is 4.15. The SMILES string of the molecule is Cc1nccc(N[C@@H]2C[C@H]2C)n1. The van der Waals surface area contributed by atoms with Crippen molar-refractivity contribution in [3.63, 3.8) is 0 Å². The van der Waals surface area contributed by atoms with Crippen LogP contribution < -0.4 is 5.32 Å². The predicted octanol–water partition coefficient (Wildman–Crippen LogP) is 1.61. The Hall–Kier alpha value is -1.12. The van der Waals surface area contributed by atoms with Gasteiger partial charge >= 0.3 is 0 Å². The molecule has 0 bridgehead atoms. The third-order valence-electron chi connectivity index (χ3n) is 2.22. The summed E-state index contributed by atoms with van der Waals surface area (Å²) in [5.74, 6) is 2.59. The first-order valence-electron chi connectivity index (χ1n) is 4.32. The van der Waals surface area contributed by atoms with Crippen LogP contribution in [-0.2, 0) is 0 Å². The molecule has 0 aliphatic heterocycles. The number of anilines is 1. The zero-order valence-electron chi connectivity index (χ0n) is 7.41. The van der Waals surface area contributed by atoms with Crippen LogP contribution in [0.15, 0.2) is 12.3 Å². The van der Waals surface area contributed by atoms with Crippen LogP contribution in [0.4, 0.5) is 5.82 Å². The average Bonchev–Trinajstić information content (AvgIpc) is 2.66. The number of aromatic nitrogens is 2. The van der Waals surface area contributed by atoms with Gasteiger partial charge in [-0.1, -0.05) is 6.92 Å². The maximum atomic E-state index is 4.27. The quantitative estimate of drug-likeness (QED) is 0.719. The van der Waals surface area contributed by atoms with Gasteiger partial charge in [-0.15, -0.1) is 0 Å². The Morgan fingerprint density at radius 1 is 1.58 bits per heavy atom. The van der Waals surface area contributed by atoms with Crippen molar-refractivity contribution < 1.29 is 0 Å². The molecular weight excluding hydrogens is 150 g/mol. The lowest BCUT2D eigenvalue weighted by atomic mass is 10.4. The first-order valence-corrected chi connectivity index (χ1v) is 4.32. The molecule has 3 heteroatoms. The topological polar surface area (TPSA) is 37.8 Å². The second-order valence-corrected chi connectivity index (χ2v) is 3.45. The fraction of sp³-hybridized carbons (Fsp3) is 0.556. The number of nitrogens with one attached hydrogen (secondary N) is 1. The molecule has 1 aliphatic rings. The molecule has 0 unspecified atom stereocenters. The zero-order valence-corrected chi connectivity index (χ0v) is 7.41. The van der Waals surface area contributed by atoms with Crippen LogP contribution in [-0.4, -0.2) is 16.0 Å². The molecular formula is C9H13N3. The normalized spacial score (nSPS) is 26.8. The summed E-state index contributed by atoms with van der Waals surface area (Å²) < 4.78 is 0. The maximum Gasteiger partial charge on any atom is 0.129 e. The fourth-order valence-corrected chi connectivity index (χ4v) is 1.25. The van der Waals surface area contributed by atoms with Gasteiger partial charge in [-0.25, -0.2) is 9.97 Å². The molecule has 1 saturated carbocycles. The molecule has 1 aromatic heterocycles. The Morgan fingerprint density at radius 2 is 2.33 bits per heavy atom. The number of hydrogen-bond acceptors (Lipinski definition) is 3. The van der Waals surface area contributed by atoms with E-state index in [9.17, 15) is 0 Å². The molecule has 12 heavy (non-hydrogen) atoms. The highest BCUT2D eigenvalue weighted by atomic mass is 15.1. The van der Waals surface area contributed by atoms with Gasteiger partial charge in [0, 0.05) is 12.2 Å². The third kappa shape index (κ3) is 1.55. The minimum Gasteiger partial charge on any atom is -0.367 e. The lowest BCUT2D eigenvalue weighted by Crippen LogP contribution is -2.05. The van der Waals surface area contributed by atoms with Crippen LogP contribution in [0.3, 0.4) is 0 Å². The van der Waals surface area contributed by atoms with Gasteiger partial charge in [-0.2, -0.15) is 0 Å². The Bertz CT molecular complexity index is 285. The molecule has 2 rings (SSSR count). The van der Waals surface area contributed by atoms with Gasteiger partial charge in [0.25, 0.3) is 0 Å². The fourth-order valence-electron chi connectivity index (χ4n) is 1.25. The summed E-state index contributed by atoms with van der Waals surface area (Å²) in [5.41, 5.74) is 0. The summed E-state index contributed by atoms with van der Waals surface area (Å²) in [6, 6.07) is 2.55. The van der Waals surface area contributed by atoms with Crippen LogP contribution in [0.25, 0.3) is 0 Å². The molecule has 1 aromatic rings. The van der Waals surface area contributed by atoms with Crippen molar-refractivity contribution in [1.29, 1.82) is 0 Å². The van der Waals surface area contributed by atoms with E-state index in [1.807, 2.05) is 13.0 Å². The Kier molecular flexibility index (Phi) is 1.71. The Labute approximate surface area is 72.2 Å². The molecule has 3 nitrogen and oxygen atoms in total. The van der Waals surface area contributed by atoms with E-state index in [0.29, 0.717) is 6.04 Å². The van der Waals surface area contributed by atoms with Gasteiger partial charge in [-0.05, 0) is 25.3 Å². The standard InChI is InChI=1S/C9H13N3/c1-6-5-8(6)12-9-3-4-10-7(2)11-9/h3-4,6,8H,5H2,1-2H3,(H,10,11,12)/t6-,8-/m1/s1. The van der Waals surface area contributed by atoms with Crippen LogP contribution in [0.2, 0.25) is 0 Å². The summed E-state index contributed by atoms with van der Waals surface area (Å²) in [5, 5.41) is 3.36. The number of rotatable bonds is 2. The Balaban J connectivity index is 2.03. The van der Waals surface area contributed by atoms with Crippen molar-refractivity contribution in [2.45, 2.75) is 26.3 Å². The smallest absolute Gasteiger partial charge is 0.129 e. The van der Waals surface area contributed by atoms with Crippen LogP contribution in [0.5, 0.6) is 0 Å². The molecule has 64 valence electrons. The summed E-state index contributed by atoms with van der Waals surface area (Å²) in [7, 11) is 0.